The van der Waals surface area contributed by atoms with Crippen LogP contribution >= 0.6 is 12.6 Å². The first-order valence-electron chi connectivity index (χ1n) is 6.17. The number of likely N-dealkylation sites (tertiary alicyclic amines) is 1. The van der Waals surface area contributed by atoms with Gasteiger partial charge >= 0.3 is 0 Å². The van der Waals surface area contributed by atoms with Gasteiger partial charge in [-0.2, -0.15) is 12.6 Å². The van der Waals surface area contributed by atoms with Crippen molar-refractivity contribution in [3.8, 4) is 0 Å². The van der Waals surface area contributed by atoms with Crippen LogP contribution in [0.1, 0.15) is 26.2 Å². The van der Waals surface area contributed by atoms with Crippen LogP contribution in [-0.2, 0) is 0 Å². The fourth-order valence-electron chi connectivity index (χ4n) is 2.37. The number of piperidine rings is 1. The minimum absolute atomic E-state index is 0.755. The molecule has 0 saturated carbocycles. The molecule has 1 aliphatic rings. The zero-order valence-corrected chi connectivity index (χ0v) is 11.3. The SMILES string of the molecule is CCC(CS)CN(C)C1CCCN(C)C1. The first kappa shape index (κ1) is 13.3. The normalized spacial score (nSPS) is 25.8. The molecule has 2 nitrogen and oxygen atoms in total. The van der Waals surface area contributed by atoms with E-state index in [1.54, 1.807) is 0 Å². The van der Waals surface area contributed by atoms with Crippen molar-refractivity contribution in [2.24, 2.45) is 5.92 Å². The summed E-state index contributed by atoms with van der Waals surface area (Å²) in [7, 11) is 4.51. The molecule has 2 atom stereocenters. The second kappa shape index (κ2) is 6.77. The van der Waals surface area contributed by atoms with Gasteiger partial charge in [0.05, 0.1) is 0 Å². The molecule has 0 aliphatic carbocycles. The zero-order valence-electron chi connectivity index (χ0n) is 10.4. The van der Waals surface area contributed by atoms with Gasteiger partial charge < -0.3 is 9.80 Å². The lowest BCUT2D eigenvalue weighted by atomic mass is 10.0. The van der Waals surface area contributed by atoms with E-state index in [-0.39, 0.29) is 0 Å². The maximum absolute atomic E-state index is 4.41. The van der Waals surface area contributed by atoms with E-state index in [0.717, 1.165) is 17.7 Å². The molecular formula is C12H26N2S. The van der Waals surface area contributed by atoms with Crippen LogP contribution in [0.5, 0.6) is 0 Å². The molecule has 3 heteroatoms. The smallest absolute Gasteiger partial charge is 0.0220 e. The molecule has 0 amide bonds. The average molecular weight is 230 g/mol. The van der Waals surface area contributed by atoms with Crippen LogP contribution in [0, 0.1) is 5.92 Å². The highest BCUT2D eigenvalue weighted by molar-refractivity contribution is 7.80. The van der Waals surface area contributed by atoms with Gasteiger partial charge in [-0.25, -0.2) is 0 Å². The highest BCUT2D eigenvalue weighted by Gasteiger charge is 2.22. The molecule has 0 aromatic rings. The van der Waals surface area contributed by atoms with Gasteiger partial charge in [0.25, 0.3) is 0 Å². The standard InChI is InChI=1S/C12H26N2S/c1-4-11(10-15)8-14(3)12-6-5-7-13(2)9-12/h11-12,15H,4-10H2,1-3H3. The molecule has 1 saturated heterocycles. The third-order valence-electron chi connectivity index (χ3n) is 3.60. The highest BCUT2D eigenvalue weighted by Crippen LogP contribution is 2.16. The second-order valence-electron chi connectivity index (χ2n) is 4.95. The molecule has 1 heterocycles. The molecule has 15 heavy (non-hydrogen) atoms. The lowest BCUT2D eigenvalue weighted by Gasteiger charge is -2.37. The number of likely N-dealkylation sites (N-methyl/N-ethyl adjacent to an activating group) is 2. The summed E-state index contributed by atoms with van der Waals surface area (Å²) in [6, 6.07) is 0.762. The summed E-state index contributed by atoms with van der Waals surface area (Å²) in [6.45, 7) is 5.98. The van der Waals surface area contributed by atoms with Crippen LogP contribution in [0.3, 0.4) is 0 Å². The van der Waals surface area contributed by atoms with Gasteiger partial charge in [0.15, 0.2) is 0 Å². The fourth-order valence-corrected chi connectivity index (χ4v) is 2.74. The average Bonchev–Trinajstić information content (AvgIpc) is 2.25. The first-order valence-corrected chi connectivity index (χ1v) is 6.80. The van der Waals surface area contributed by atoms with E-state index in [2.05, 4.69) is 43.4 Å². The number of rotatable bonds is 5. The van der Waals surface area contributed by atoms with E-state index < -0.39 is 0 Å². The Morgan fingerprint density at radius 1 is 1.53 bits per heavy atom. The van der Waals surface area contributed by atoms with Crippen molar-refractivity contribution in [1.29, 1.82) is 0 Å². The van der Waals surface area contributed by atoms with Gasteiger partial charge in [-0.05, 0) is 45.2 Å². The number of hydrogen-bond acceptors (Lipinski definition) is 3. The van der Waals surface area contributed by atoms with Crippen LogP contribution in [-0.4, -0.2) is 55.3 Å². The van der Waals surface area contributed by atoms with Crippen molar-refractivity contribution in [2.45, 2.75) is 32.2 Å². The Balaban J connectivity index is 2.34. The van der Waals surface area contributed by atoms with E-state index in [1.807, 2.05) is 0 Å². The molecule has 0 aromatic heterocycles. The number of thiol groups is 1. The third kappa shape index (κ3) is 4.33. The van der Waals surface area contributed by atoms with Crippen molar-refractivity contribution < 1.29 is 0 Å². The predicted molar refractivity (Wildman–Crippen MR) is 70.8 cm³/mol. The summed E-state index contributed by atoms with van der Waals surface area (Å²) >= 11 is 4.41. The van der Waals surface area contributed by atoms with Gasteiger partial charge in [0.1, 0.15) is 0 Å². The van der Waals surface area contributed by atoms with E-state index in [1.165, 1.54) is 38.9 Å². The van der Waals surface area contributed by atoms with Crippen LogP contribution in [0.4, 0.5) is 0 Å². The van der Waals surface area contributed by atoms with Gasteiger partial charge in [0.2, 0.25) is 0 Å². The summed E-state index contributed by atoms with van der Waals surface area (Å²) < 4.78 is 0. The molecule has 1 rings (SSSR count). The largest absolute Gasteiger partial charge is 0.305 e. The van der Waals surface area contributed by atoms with E-state index in [9.17, 15) is 0 Å². The summed E-state index contributed by atoms with van der Waals surface area (Å²) in [6.07, 6.45) is 3.96. The monoisotopic (exact) mass is 230 g/mol. The van der Waals surface area contributed by atoms with Gasteiger partial charge in [-0.3, -0.25) is 0 Å². The molecule has 1 aliphatic heterocycles. The van der Waals surface area contributed by atoms with Gasteiger partial charge in [-0.15, -0.1) is 0 Å². The molecule has 2 unspecified atom stereocenters. The topological polar surface area (TPSA) is 6.48 Å². The molecule has 0 bridgehead atoms. The number of nitrogens with zero attached hydrogens (tertiary/aromatic N) is 2. The van der Waals surface area contributed by atoms with Crippen molar-refractivity contribution in [3.05, 3.63) is 0 Å². The quantitative estimate of drug-likeness (QED) is 0.722. The van der Waals surface area contributed by atoms with E-state index in [0.29, 0.717) is 0 Å². The summed E-state index contributed by atoms with van der Waals surface area (Å²) in [5.74, 6) is 1.77. The predicted octanol–water partition coefficient (Wildman–Crippen LogP) is 1.97. The Kier molecular flexibility index (Phi) is 6.02. The van der Waals surface area contributed by atoms with Crippen molar-refractivity contribution in [1.82, 2.24) is 9.80 Å². The lowest BCUT2D eigenvalue weighted by molar-refractivity contribution is 0.122. The van der Waals surface area contributed by atoms with Crippen molar-refractivity contribution in [2.75, 3.05) is 39.5 Å². The Morgan fingerprint density at radius 3 is 2.80 bits per heavy atom. The molecule has 0 N–H and O–H groups in total. The summed E-state index contributed by atoms with van der Waals surface area (Å²) in [5, 5.41) is 0. The first-order chi connectivity index (χ1) is 7.17. The summed E-state index contributed by atoms with van der Waals surface area (Å²) in [4.78, 5) is 4.99. The van der Waals surface area contributed by atoms with Crippen LogP contribution in [0.25, 0.3) is 0 Å². The minimum atomic E-state index is 0.755. The Bertz CT molecular complexity index is 171. The van der Waals surface area contributed by atoms with Crippen LogP contribution in [0.15, 0.2) is 0 Å². The molecule has 0 radical (unpaired) electrons. The molecular weight excluding hydrogens is 204 g/mol. The Morgan fingerprint density at radius 2 is 2.27 bits per heavy atom. The van der Waals surface area contributed by atoms with Gasteiger partial charge in [0, 0.05) is 19.1 Å². The minimum Gasteiger partial charge on any atom is -0.305 e. The maximum Gasteiger partial charge on any atom is 0.0220 e. The fraction of sp³-hybridized carbons (Fsp3) is 1.00. The summed E-state index contributed by atoms with van der Waals surface area (Å²) in [5.41, 5.74) is 0. The van der Waals surface area contributed by atoms with Crippen molar-refractivity contribution >= 4 is 12.6 Å². The van der Waals surface area contributed by atoms with E-state index in [4.69, 9.17) is 0 Å². The van der Waals surface area contributed by atoms with Crippen molar-refractivity contribution in [3.63, 3.8) is 0 Å². The molecule has 90 valence electrons. The van der Waals surface area contributed by atoms with Crippen LogP contribution in [0.2, 0.25) is 0 Å². The number of hydrogen-bond donors (Lipinski definition) is 1. The third-order valence-corrected chi connectivity index (χ3v) is 4.12. The molecule has 1 fully saturated rings. The second-order valence-corrected chi connectivity index (χ2v) is 5.32. The molecule has 0 spiro atoms. The lowest BCUT2D eigenvalue weighted by Crippen LogP contribution is -2.46. The Labute approximate surface area is 100 Å². The zero-order chi connectivity index (χ0) is 11.3. The Hall–Kier alpha value is 0.270. The van der Waals surface area contributed by atoms with Gasteiger partial charge in [-0.1, -0.05) is 13.3 Å². The van der Waals surface area contributed by atoms with E-state index >= 15 is 0 Å². The molecule has 0 aromatic carbocycles. The van der Waals surface area contributed by atoms with Crippen LogP contribution < -0.4 is 0 Å². The highest BCUT2D eigenvalue weighted by atomic mass is 32.1. The maximum atomic E-state index is 4.41.